The number of aromatic nitrogens is 1. The SMILES string of the molecule is NNC(c1cnc2ccccc2c1)c1ccc(Cl)cc1F. The quantitative estimate of drug-likeness (QED) is 0.574. The molecule has 0 aliphatic heterocycles. The van der Waals surface area contributed by atoms with Crippen LogP contribution in [0.3, 0.4) is 0 Å². The molecule has 3 rings (SSSR count). The molecule has 1 aromatic heterocycles. The summed E-state index contributed by atoms with van der Waals surface area (Å²) in [5.74, 6) is 5.21. The van der Waals surface area contributed by atoms with Gasteiger partial charge in [0, 0.05) is 22.2 Å². The first-order valence-corrected chi connectivity index (χ1v) is 6.82. The first kappa shape index (κ1) is 13.9. The van der Waals surface area contributed by atoms with Crippen LogP contribution in [0.2, 0.25) is 5.02 Å². The van der Waals surface area contributed by atoms with Crippen molar-refractivity contribution in [3.63, 3.8) is 0 Å². The van der Waals surface area contributed by atoms with Crippen molar-refractivity contribution < 1.29 is 4.39 Å². The standard InChI is InChI=1S/C16H13ClFN3/c17-12-5-6-13(14(18)8-12)16(21-19)11-7-10-3-1-2-4-15(10)20-9-11/h1-9,16,21H,19H2. The van der Waals surface area contributed by atoms with Crippen molar-refractivity contribution in [3.05, 3.63) is 76.7 Å². The zero-order valence-corrected chi connectivity index (χ0v) is 11.8. The summed E-state index contributed by atoms with van der Waals surface area (Å²) in [6, 6.07) is 13.7. The van der Waals surface area contributed by atoms with Crippen LogP contribution in [0.15, 0.2) is 54.7 Å². The molecule has 0 saturated carbocycles. The molecule has 0 amide bonds. The van der Waals surface area contributed by atoms with Crippen LogP contribution in [0, 0.1) is 5.82 Å². The normalized spacial score (nSPS) is 12.5. The van der Waals surface area contributed by atoms with Gasteiger partial charge in [-0.3, -0.25) is 10.8 Å². The van der Waals surface area contributed by atoms with Crippen LogP contribution >= 0.6 is 11.6 Å². The van der Waals surface area contributed by atoms with E-state index in [9.17, 15) is 4.39 Å². The Morgan fingerprint density at radius 2 is 1.95 bits per heavy atom. The third kappa shape index (κ3) is 2.74. The predicted octanol–water partition coefficient (Wildman–Crippen LogP) is 3.58. The van der Waals surface area contributed by atoms with Gasteiger partial charge in [-0.15, -0.1) is 0 Å². The highest BCUT2D eigenvalue weighted by Gasteiger charge is 2.17. The lowest BCUT2D eigenvalue weighted by Crippen LogP contribution is -2.29. The summed E-state index contributed by atoms with van der Waals surface area (Å²) < 4.78 is 14.1. The molecule has 0 spiro atoms. The van der Waals surface area contributed by atoms with Gasteiger partial charge in [-0.25, -0.2) is 9.82 Å². The maximum Gasteiger partial charge on any atom is 0.129 e. The van der Waals surface area contributed by atoms with Crippen LogP contribution in [-0.4, -0.2) is 4.98 Å². The second kappa shape index (κ2) is 5.77. The summed E-state index contributed by atoms with van der Waals surface area (Å²) >= 11 is 5.78. The number of nitrogens with zero attached hydrogens (tertiary/aromatic N) is 1. The summed E-state index contributed by atoms with van der Waals surface area (Å²) in [5, 5.41) is 1.33. The van der Waals surface area contributed by atoms with Crippen LogP contribution in [0.5, 0.6) is 0 Å². The molecule has 3 aromatic rings. The lowest BCUT2D eigenvalue weighted by Gasteiger charge is -2.18. The summed E-state index contributed by atoms with van der Waals surface area (Å²) in [6.07, 6.45) is 1.70. The molecule has 1 heterocycles. The van der Waals surface area contributed by atoms with Gasteiger partial charge in [-0.05, 0) is 29.8 Å². The smallest absolute Gasteiger partial charge is 0.129 e. The van der Waals surface area contributed by atoms with Crippen molar-refractivity contribution in [2.75, 3.05) is 0 Å². The number of nitrogens with two attached hydrogens (primary N) is 1. The van der Waals surface area contributed by atoms with Gasteiger partial charge in [-0.2, -0.15) is 0 Å². The molecule has 0 aliphatic carbocycles. The first-order chi connectivity index (χ1) is 10.2. The number of para-hydroxylation sites is 1. The number of benzene rings is 2. The number of rotatable bonds is 3. The first-order valence-electron chi connectivity index (χ1n) is 6.45. The minimum atomic E-state index is -0.487. The van der Waals surface area contributed by atoms with Crippen LogP contribution in [0.4, 0.5) is 4.39 Å². The van der Waals surface area contributed by atoms with Crippen molar-refractivity contribution in [3.8, 4) is 0 Å². The molecule has 0 aliphatic rings. The second-order valence-electron chi connectivity index (χ2n) is 4.73. The van der Waals surface area contributed by atoms with Gasteiger partial charge in [0.1, 0.15) is 5.82 Å². The molecular formula is C16H13ClFN3. The Morgan fingerprint density at radius 1 is 1.14 bits per heavy atom. The highest BCUT2D eigenvalue weighted by molar-refractivity contribution is 6.30. The van der Waals surface area contributed by atoms with Crippen molar-refractivity contribution in [2.45, 2.75) is 6.04 Å². The lowest BCUT2D eigenvalue weighted by atomic mass is 9.99. The van der Waals surface area contributed by atoms with E-state index in [0.29, 0.717) is 10.6 Å². The van der Waals surface area contributed by atoms with Crippen molar-refractivity contribution >= 4 is 22.5 Å². The number of hydrogen-bond donors (Lipinski definition) is 2. The average molecular weight is 302 g/mol. The van der Waals surface area contributed by atoms with E-state index in [-0.39, 0.29) is 0 Å². The van der Waals surface area contributed by atoms with Crippen molar-refractivity contribution in [1.29, 1.82) is 0 Å². The van der Waals surface area contributed by atoms with Crippen LogP contribution < -0.4 is 11.3 Å². The zero-order valence-electron chi connectivity index (χ0n) is 11.1. The van der Waals surface area contributed by atoms with Gasteiger partial charge in [0.25, 0.3) is 0 Å². The molecule has 3 N–H and O–H groups in total. The summed E-state index contributed by atoms with van der Waals surface area (Å²) in [5.41, 5.74) is 4.74. The number of nitrogens with one attached hydrogen (secondary N) is 1. The molecular weight excluding hydrogens is 289 g/mol. The maximum absolute atomic E-state index is 14.1. The van der Waals surface area contributed by atoms with Crippen LogP contribution in [-0.2, 0) is 0 Å². The Hall–Kier alpha value is -2.01. The molecule has 1 unspecified atom stereocenters. The highest BCUT2D eigenvalue weighted by atomic mass is 35.5. The predicted molar refractivity (Wildman–Crippen MR) is 82.3 cm³/mol. The van der Waals surface area contributed by atoms with Gasteiger partial charge in [0.2, 0.25) is 0 Å². The van der Waals surface area contributed by atoms with Gasteiger partial charge < -0.3 is 0 Å². The number of hydrazine groups is 1. The summed E-state index contributed by atoms with van der Waals surface area (Å²) in [4.78, 5) is 4.38. The molecule has 3 nitrogen and oxygen atoms in total. The fraction of sp³-hybridized carbons (Fsp3) is 0.0625. The number of fused-ring (bicyclic) bond motifs is 1. The largest absolute Gasteiger partial charge is 0.271 e. The third-order valence-corrected chi connectivity index (χ3v) is 3.62. The summed E-state index contributed by atoms with van der Waals surface area (Å²) in [7, 11) is 0. The monoisotopic (exact) mass is 301 g/mol. The fourth-order valence-corrected chi connectivity index (χ4v) is 2.51. The second-order valence-corrected chi connectivity index (χ2v) is 5.16. The molecule has 1 atom stereocenters. The topological polar surface area (TPSA) is 50.9 Å². The van der Waals surface area contributed by atoms with E-state index in [4.69, 9.17) is 17.4 Å². The maximum atomic E-state index is 14.1. The van der Waals surface area contributed by atoms with E-state index in [1.54, 1.807) is 18.3 Å². The van der Waals surface area contributed by atoms with E-state index in [1.807, 2.05) is 30.3 Å². The Kier molecular flexibility index (Phi) is 3.84. The van der Waals surface area contributed by atoms with Crippen molar-refractivity contribution in [1.82, 2.24) is 10.4 Å². The molecule has 21 heavy (non-hydrogen) atoms. The van der Waals surface area contributed by atoms with E-state index >= 15 is 0 Å². The lowest BCUT2D eigenvalue weighted by molar-refractivity contribution is 0.560. The fourth-order valence-electron chi connectivity index (χ4n) is 2.35. The van der Waals surface area contributed by atoms with Gasteiger partial charge >= 0.3 is 0 Å². The van der Waals surface area contributed by atoms with Gasteiger partial charge in [0.05, 0.1) is 11.6 Å². The van der Waals surface area contributed by atoms with Crippen LogP contribution in [0.25, 0.3) is 10.9 Å². The molecule has 0 radical (unpaired) electrons. The molecule has 106 valence electrons. The number of hydrogen-bond acceptors (Lipinski definition) is 3. The van der Waals surface area contributed by atoms with E-state index in [1.165, 1.54) is 6.07 Å². The van der Waals surface area contributed by atoms with E-state index in [2.05, 4.69) is 10.4 Å². The van der Waals surface area contributed by atoms with Crippen molar-refractivity contribution in [2.24, 2.45) is 5.84 Å². The minimum Gasteiger partial charge on any atom is -0.271 e. The van der Waals surface area contributed by atoms with Crippen LogP contribution in [0.1, 0.15) is 17.2 Å². The van der Waals surface area contributed by atoms with Gasteiger partial charge in [-0.1, -0.05) is 35.9 Å². The summed E-state index contributed by atoms with van der Waals surface area (Å²) in [6.45, 7) is 0. The minimum absolute atomic E-state index is 0.351. The Labute approximate surface area is 126 Å². The third-order valence-electron chi connectivity index (χ3n) is 3.39. The molecule has 0 saturated heterocycles. The highest BCUT2D eigenvalue weighted by Crippen LogP contribution is 2.27. The Bertz CT molecular complexity index is 791. The molecule has 5 heteroatoms. The Morgan fingerprint density at radius 3 is 2.71 bits per heavy atom. The van der Waals surface area contributed by atoms with E-state index in [0.717, 1.165) is 16.5 Å². The average Bonchev–Trinajstić information content (AvgIpc) is 2.50. The molecule has 0 fully saturated rings. The van der Waals surface area contributed by atoms with Gasteiger partial charge in [0.15, 0.2) is 0 Å². The Balaban J connectivity index is 2.09. The van der Waals surface area contributed by atoms with E-state index < -0.39 is 11.9 Å². The molecule has 0 bridgehead atoms. The molecule has 2 aromatic carbocycles. The zero-order chi connectivity index (χ0) is 14.8. The number of halogens is 2. The number of pyridine rings is 1.